The fourth-order valence-electron chi connectivity index (χ4n) is 2.38. The monoisotopic (exact) mass is 325 g/mol. The molecule has 0 unspecified atom stereocenters. The molecule has 6 nitrogen and oxygen atoms in total. The summed E-state index contributed by atoms with van der Waals surface area (Å²) in [6, 6.07) is 10.6. The lowest BCUT2D eigenvalue weighted by atomic mass is 10.1. The fourth-order valence-corrected chi connectivity index (χ4v) is 2.38. The quantitative estimate of drug-likeness (QED) is 0.624. The van der Waals surface area contributed by atoms with Gasteiger partial charge in [-0.15, -0.1) is 0 Å². The summed E-state index contributed by atoms with van der Waals surface area (Å²) in [5.41, 5.74) is 1.19. The van der Waals surface area contributed by atoms with Crippen LogP contribution in [-0.4, -0.2) is 30.0 Å². The van der Waals surface area contributed by atoms with Crippen LogP contribution in [0.1, 0.15) is 36.0 Å². The zero-order valence-electron chi connectivity index (χ0n) is 13.5. The van der Waals surface area contributed by atoms with Gasteiger partial charge < -0.3 is 10.1 Å². The second-order valence-electron chi connectivity index (χ2n) is 5.37. The highest BCUT2D eigenvalue weighted by Crippen LogP contribution is 2.13. The largest absolute Gasteiger partial charge is 0.467 e. The van der Waals surface area contributed by atoms with E-state index in [0.717, 1.165) is 10.9 Å². The lowest BCUT2D eigenvalue weighted by molar-refractivity contribution is -0.143. The highest BCUT2D eigenvalue weighted by molar-refractivity contribution is 5.99. The molecule has 0 saturated carbocycles. The number of amides is 1. The number of ether oxygens (including phenoxy) is 1. The maximum Gasteiger partial charge on any atom is 0.328 e. The predicted octanol–water partition coefficient (Wildman–Crippen LogP) is 2.59. The van der Waals surface area contributed by atoms with Gasteiger partial charge in [0.05, 0.1) is 24.3 Å². The molecule has 1 atom stereocenters. The third-order valence-corrected chi connectivity index (χ3v) is 3.68. The molecule has 1 amide bonds. The highest BCUT2D eigenvalue weighted by Gasteiger charge is 2.22. The number of nitrogens with one attached hydrogen (secondary N) is 1. The van der Waals surface area contributed by atoms with Gasteiger partial charge in [-0.25, -0.2) is 4.79 Å². The van der Waals surface area contributed by atoms with E-state index in [1.807, 2.05) is 24.3 Å². The molecule has 2 rings (SSSR count). The molecule has 0 aliphatic rings. The van der Waals surface area contributed by atoms with Crippen LogP contribution in [0.2, 0.25) is 0 Å². The molecular formula is C18H19N3O3. The van der Waals surface area contributed by atoms with Gasteiger partial charge in [0.2, 0.25) is 0 Å². The van der Waals surface area contributed by atoms with Crippen molar-refractivity contribution in [3.8, 4) is 6.07 Å². The average molecular weight is 325 g/mol. The van der Waals surface area contributed by atoms with Crippen LogP contribution in [0.3, 0.4) is 0 Å². The van der Waals surface area contributed by atoms with Crippen molar-refractivity contribution in [2.75, 3.05) is 7.11 Å². The van der Waals surface area contributed by atoms with E-state index >= 15 is 0 Å². The Labute approximate surface area is 140 Å². The number of pyridine rings is 1. The van der Waals surface area contributed by atoms with Crippen LogP contribution >= 0.6 is 0 Å². The smallest absolute Gasteiger partial charge is 0.328 e. The van der Waals surface area contributed by atoms with E-state index < -0.39 is 12.0 Å². The Kier molecular flexibility index (Phi) is 6.26. The van der Waals surface area contributed by atoms with E-state index in [4.69, 9.17) is 10.00 Å². The normalized spacial score (nSPS) is 11.5. The number of nitrogens with zero attached hydrogens (tertiary/aromatic N) is 2. The Hall–Kier alpha value is -2.94. The van der Waals surface area contributed by atoms with Gasteiger partial charge in [-0.1, -0.05) is 18.2 Å². The molecule has 0 radical (unpaired) electrons. The number of unbranched alkanes of at least 4 members (excludes halogenated alkanes) is 2. The zero-order valence-corrected chi connectivity index (χ0v) is 13.5. The molecule has 0 saturated heterocycles. The van der Waals surface area contributed by atoms with Crippen LogP contribution in [0.15, 0.2) is 36.5 Å². The van der Waals surface area contributed by atoms with Crippen molar-refractivity contribution in [3.63, 3.8) is 0 Å². The summed E-state index contributed by atoms with van der Waals surface area (Å²) in [4.78, 5) is 28.5. The summed E-state index contributed by atoms with van der Waals surface area (Å²) in [5.74, 6) is -0.863. The van der Waals surface area contributed by atoms with E-state index in [1.165, 1.54) is 13.3 Å². The van der Waals surface area contributed by atoms with Gasteiger partial charge in [-0.05, 0) is 31.4 Å². The van der Waals surface area contributed by atoms with Crippen LogP contribution in [-0.2, 0) is 9.53 Å². The molecule has 0 aliphatic heterocycles. The minimum atomic E-state index is -0.729. The number of para-hydroxylation sites is 1. The van der Waals surface area contributed by atoms with E-state index in [2.05, 4.69) is 16.4 Å². The summed E-state index contributed by atoms with van der Waals surface area (Å²) in [5, 5.41) is 12.1. The SMILES string of the molecule is COC(=O)[C@H](CCCCC#N)NC(=O)c1cnc2ccccc2c1. The number of esters is 1. The van der Waals surface area contributed by atoms with E-state index in [9.17, 15) is 9.59 Å². The molecule has 1 aromatic carbocycles. The first-order valence-electron chi connectivity index (χ1n) is 7.76. The van der Waals surface area contributed by atoms with Crippen molar-refractivity contribution in [3.05, 3.63) is 42.1 Å². The Bertz CT molecular complexity index is 767. The molecule has 24 heavy (non-hydrogen) atoms. The molecule has 6 heteroatoms. The van der Waals surface area contributed by atoms with Gasteiger partial charge in [0.1, 0.15) is 6.04 Å². The topological polar surface area (TPSA) is 92.1 Å². The standard InChI is InChI=1S/C18H19N3O3/c1-24-18(23)16(9-3-2-6-10-19)21-17(22)14-11-13-7-4-5-8-15(13)20-12-14/h4-5,7-8,11-12,16H,2-3,6,9H2,1H3,(H,21,22)/t16-/m0/s1. The summed E-state index contributed by atoms with van der Waals surface area (Å²) < 4.78 is 4.74. The molecule has 0 spiro atoms. The molecule has 1 aromatic heterocycles. The van der Waals surface area contributed by atoms with E-state index in [1.54, 1.807) is 6.07 Å². The van der Waals surface area contributed by atoms with Gasteiger partial charge in [-0.2, -0.15) is 5.26 Å². The summed E-state index contributed by atoms with van der Waals surface area (Å²) in [6.07, 6.45) is 3.68. The predicted molar refractivity (Wildman–Crippen MR) is 89.1 cm³/mol. The number of rotatable bonds is 7. The molecular weight excluding hydrogens is 306 g/mol. The number of fused-ring (bicyclic) bond motifs is 1. The first-order chi connectivity index (χ1) is 11.7. The lowest BCUT2D eigenvalue weighted by Gasteiger charge is -2.16. The number of aromatic nitrogens is 1. The van der Waals surface area contributed by atoms with Crippen LogP contribution in [0.5, 0.6) is 0 Å². The van der Waals surface area contributed by atoms with Crippen molar-refractivity contribution >= 4 is 22.8 Å². The van der Waals surface area contributed by atoms with Crippen molar-refractivity contribution in [2.45, 2.75) is 31.7 Å². The average Bonchev–Trinajstić information content (AvgIpc) is 2.63. The van der Waals surface area contributed by atoms with Gasteiger partial charge in [0.25, 0.3) is 5.91 Å². The number of hydrogen-bond donors (Lipinski definition) is 1. The maximum absolute atomic E-state index is 12.4. The van der Waals surface area contributed by atoms with Crippen molar-refractivity contribution < 1.29 is 14.3 Å². The summed E-state index contributed by atoms with van der Waals surface area (Å²) >= 11 is 0. The fraction of sp³-hybridized carbons (Fsp3) is 0.333. The molecule has 1 N–H and O–H groups in total. The van der Waals surface area contributed by atoms with Crippen LogP contribution in [0.25, 0.3) is 10.9 Å². The van der Waals surface area contributed by atoms with Gasteiger partial charge in [0, 0.05) is 18.0 Å². The third kappa shape index (κ3) is 4.53. The van der Waals surface area contributed by atoms with E-state index in [-0.39, 0.29) is 5.91 Å². The van der Waals surface area contributed by atoms with Gasteiger partial charge in [0.15, 0.2) is 0 Å². The third-order valence-electron chi connectivity index (χ3n) is 3.68. The second kappa shape index (κ2) is 8.63. The van der Waals surface area contributed by atoms with Gasteiger partial charge >= 0.3 is 5.97 Å². The minimum Gasteiger partial charge on any atom is -0.467 e. The molecule has 0 bridgehead atoms. The van der Waals surface area contributed by atoms with Gasteiger partial charge in [-0.3, -0.25) is 9.78 Å². The minimum absolute atomic E-state index is 0.371. The zero-order chi connectivity index (χ0) is 17.4. The molecule has 0 aliphatic carbocycles. The number of carbonyl (C=O) groups excluding carboxylic acids is 2. The summed E-state index contributed by atoms with van der Waals surface area (Å²) in [7, 11) is 1.29. The Morgan fingerprint density at radius 2 is 2.12 bits per heavy atom. The highest BCUT2D eigenvalue weighted by atomic mass is 16.5. The first-order valence-corrected chi connectivity index (χ1v) is 7.76. The Morgan fingerprint density at radius 1 is 1.33 bits per heavy atom. The molecule has 2 aromatic rings. The Balaban J connectivity index is 2.07. The van der Waals surface area contributed by atoms with Crippen LogP contribution < -0.4 is 5.32 Å². The Morgan fingerprint density at radius 3 is 2.88 bits per heavy atom. The molecule has 0 fully saturated rings. The molecule has 124 valence electrons. The summed E-state index contributed by atoms with van der Waals surface area (Å²) in [6.45, 7) is 0. The maximum atomic E-state index is 12.4. The lowest BCUT2D eigenvalue weighted by Crippen LogP contribution is -2.41. The van der Waals surface area contributed by atoms with Crippen LogP contribution in [0, 0.1) is 11.3 Å². The number of methoxy groups -OCH3 is 1. The second-order valence-corrected chi connectivity index (χ2v) is 5.37. The molecule has 1 heterocycles. The van der Waals surface area contributed by atoms with E-state index in [0.29, 0.717) is 31.2 Å². The first kappa shape index (κ1) is 17.4. The van der Waals surface area contributed by atoms with Crippen molar-refractivity contribution in [1.29, 1.82) is 5.26 Å². The van der Waals surface area contributed by atoms with Crippen molar-refractivity contribution in [1.82, 2.24) is 10.3 Å². The number of hydrogen-bond acceptors (Lipinski definition) is 5. The van der Waals surface area contributed by atoms with Crippen LogP contribution in [0.4, 0.5) is 0 Å². The number of benzene rings is 1. The number of carbonyl (C=O) groups is 2. The number of nitriles is 1. The van der Waals surface area contributed by atoms with Crippen molar-refractivity contribution in [2.24, 2.45) is 0 Å².